The highest BCUT2D eigenvalue weighted by Gasteiger charge is 2.13. The Morgan fingerprint density at radius 3 is 2.66 bits per heavy atom. The van der Waals surface area contributed by atoms with Gasteiger partial charge in [0.05, 0.1) is 6.54 Å². The zero-order chi connectivity index (χ0) is 23.3. The molecule has 2 N–H and O–H groups in total. The van der Waals surface area contributed by atoms with Crippen molar-refractivity contribution in [3.8, 4) is 0 Å². The molecule has 2 aromatic heterocycles. The molecule has 32 heavy (non-hydrogen) atoms. The maximum atomic E-state index is 12.7. The highest BCUT2D eigenvalue weighted by molar-refractivity contribution is 5.91. The van der Waals surface area contributed by atoms with E-state index in [1.807, 2.05) is 25.2 Å². The Balaban J connectivity index is 1.71. The fourth-order valence-corrected chi connectivity index (χ4v) is 3.41. The van der Waals surface area contributed by atoms with Crippen LogP contribution in [0, 0.1) is 0 Å². The molecule has 3 rings (SSSR count). The summed E-state index contributed by atoms with van der Waals surface area (Å²) in [6, 6.07) is 12.2. The fourth-order valence-electron chi connectivity index (χ4n) is 3.41. The highest BCUT2D eigenvalue weighted by Crippen LogP contribution is 2.20. The molecule has 0 bridgehead atoms. The number of benzene rings is 1. The summed E-state index contributed by atoms with van der Waals surface area (Å²) in [4.78, 5) is 29.6. The summed E-state index contributed by atoms with van der Waals surface area (Å²) < 4.78 is 2.11. The van der Waals surface area contributed by atoms with Gasteiger partial charge in [-0.2, -0.15) is 0 Å². The maximum Gasteiger partial charge on any atom is 0.246 e. The van der Waals surface area contributed by atoms with Crippen molar-refractivity contribution in [1.29, 1.82) is 0 Å². The van der Waals surface area contributed by atoms with Crippen LogP contribution in [0.4, 0.5) is 5.82 Å². The monoisotopic (exact) mass is 433 g/mol. The molecule has 0 saturated heterocycles. The lowest BCUT2D eigenvalue weighted by molar-refractivity contribution is -0.125. The van der Waals surface area contributed by atoms with Crippen LogP contribution in [0.5, 0.6) is 0 Å². The number of nitrogens with zero attached hydrogens (tertiary/aromatic N) is 3. The Bertz CT molecular complexity index is 1140. The van der Waals surface area contributed by atoms with Crippen LogP contribution in [0.3, 0.4) is 0 Å². The van der Waals surface area contributed by atoms with E-state index >= 15 is 0 Å². The minimum atomic E-state index is -0.0975. The minimum absolute atomic E-state index is 0.0787. The Kier molecular flexibility index (Phi) is 7.10. The van der Waals surface area contributed by atoms with Crippen LogP contribution < -0.4 is 10.6 Å². The third-order valence-corrected chi connectivity index (χ3v) is 5.24. The van der Waals surface area contributed by atoms with Crippen LogP contribution >= 0.6 is 0 Å². The molecule has 168 valence electrons. The quantitative estimate of drug-likeness (QED) is 0.419. The van der Waals surface area contributed by atoms with Crippen LogP contribution in [-0.2, 0) is 29.7 Å². The van der Waals surface area contributed by atoms with Gasteiger partial charge in [0, 0.05) is 55.2 Å². The fraction of sp³-hybridized carbons (Fsp3) is 0.320. The Labute approximate surface area is 189 Å². The van der Waals surface area contributed by atoms with Crippen molar-refractivity contribution in [2.75, 3.05) is 12.4 Å². The molecule has 0 radical (unpaired) electrons. The molecule has 0 fully saturated rings. The summed E-state index contributed by atoms with van der Waals surface area (Å²) in [5.41, 5.74) is 3.77. The standard InChI is InChI=1S/C25H31N5O2/c1-25(2,3)28-15-20-12-18(14-26-24(20)27-17-31)10-11-23(32)29(4)16-21-13-19-8-6-7-9-22(19)30(21)5/h6-14,17,28H,15-16H2,1-5H3,(H,26,27,31)/b11-10+. The van der Waals surface area contributed by atoms with Gasteiger partial charge in [0.2, 0.25) is 12.3 Å². The number of hydrogen-bond donors (Lipinski definition) is 2. The maximum absolute atomic E-state index is 12.7. The summed E-state index contributed by atoms with van der Waals surface area (Å²) in [6.45, 7) is 7.27. The van der Waals surface area contributed by atoms with E-state index in [-0.39, 0.29) is 11.4 Å². The van der Waals surface area contributed by atoms with Crippen LogP contribution in [0.15, 0.2) is 48.7 Å². The number of hydrogen-bond acceptors (Lipinski definition) is 4. The van der Waals surface area contributed by atoms with Gasteiger partial charge in [0.25, 0.3) is 0 Å². The number of para-hydroxylation sites is 1. The first-order chi connectivity index (χ1) is 15.2. The van der Waals surface area contributed by atoms with Gasteiger partial charge in [-0.15, -0.1) is 0 Å². The summed E-state index contributed by atoms with van der Waals surface area (Å²) in [7, 11) is 3.80. The SMILES string of the molecule is CN(Cc1cc2ccccc2n1C)C(=O)/C=C/c1cnc(NC=O)c(CNC(C)(C)C)c1. The van der Waals surface area contributed by atoms with Crippen molar-refractivity contribution in [3.05, 3.63) is 65.5 Å². The van der Waals surface area contributed by atoms with Gasteiger partial charge < -0.3 is 20.1 Å². The van der Waals surface area contributed by atoms with Crippen molar-refractivity contribution >= 4 is 35.1 Å². The van der Waals surface area contributed by atoms with E-state index in [1.54, 1.807) is 30.3 Å². The third kappa shape index (κ3) is 5.82. The molecular weight excluding hydrogens is 402 g/mol. The zero-order valence-corrected chi connectivity index (χ0v) is 19.3. The number of carbonyl (C=O) groups is 2. The Morgan fingerprint density at radius 2 is 1.97 bits per heavy atom. The summed E-state index contributed by atoms with van der Waals surface area (Å²) in [6.07, 6.45) is 5.55. The number of anilines is 1. The number of fused-ring (bicyclic) bond motifs is 1. The van der Waals surface area contributed by atoms with Crippen molar-refractivity contribution in [2.24, 2.45) is 7.05 Å². The molecule has 7 nitrogen and oxygen atoms in total. The molecule has 0 aliphatic heterocycles. The Morgan fingerprint density at radius 1 is 1.22 bits per heavy atom. The number of aromatic nitrogens is 2. The number of nitrogens with one attached hydrogen (secondary N) is 2. The molecule has 0 aliphatic rings. The van der Waals surface area contributed by atoms with Gasteiger partial charge in [0.1, 0.15) is 5.82 Å². The first-order valence-corrected chi connectivity index (χ1v) is 10.6. The zero-order valence-electron chi connectivity index (χ0n) is 19.3. The Hall–Kier alpha value is -3.45. The average molecular weight is 434 g/mol. The number of rotatable bonds is 8. The first kappa shape index (κ1) is 23.2. The second kappa shape index (κ2) is 9.78. The predicted molar refractivity (Wildman–Crippen MR) is 129 cm³/mol. The molecule has 7 heteroatoms. The summed E-state index contributed by atoms with van der Waals surface area (Å²) in [5.74, 6) is 0.410. The van der Waals surface area contributed by atoms with Crippen molar-refractivity contribution < 1.29 is 9.59 Å². The lowest BCUT2D eigenvalue weighted by Gasteiger charge is -2.21. The number of aryl methyl sites for hydroxylation is 1. The highest BCUT2D eigenvalue weighted by atomic mass is 16.2. The van der Waals surface area contributed by atoms with Gasteiger partial charge >= 0.3 is 0 Å². The molecule has 0 atom stereocenters. The second-order valence-corrected chi connectivity index (χ2v) is 8.92. The number of carbonyl (C=O) groups excluding carboxylic acids is 2. The molecule has 2 heterocycles. The molecule has 0 unspecified atom stereocenters. The van der Waals surface area contributed by atoms with Crippen molar-refractivity contribution in [3.63, 3.8) is 0 Å². The van der Waals surface area contributed by atoms with E-state index in [1.165, 1.54) is 0 Å². The first-order valence-electron chi connectivity index (χ1n) is 10.6. The van der Waals surface area contributed by atoms with Gasteiger partial charge in [0.15, 0.2) is 0 Å². The van der Waals surface area contributed by atoms with Crippen molar-refractivity contribution in [1.82, 2.24) is 19.8 Å². The number of pyridine rings is 1. The normalized spacial score (nSPS) is 11.8. The molecule has 2 amide bonds. The molecule has 0 aliphatic carbocycles. The number of amides is 2. The van der Waals surface area contributed by atoms with E-state index in [0.29, 0.717) is 25.3 Å². The van der Waals surface area contributed by atoms with E-state index in [0.717, 1.165) is 27.7 Å². The van der Waals surface area contributed by atoms with Gasteiger partial charge in [-0.1, -0.05) is 18.2 Å². The lowest BCUT2D eigenvalue weighted by atomic mass is 10.1. The van der Waals surface area contributed by atoms with Crippen LogP contribution in [0.1, 0.15) is 37.6 Å². The van der Waals surface area contributed by atoms with Gasteiger partial charge in [-0.25, -0.2) is 4.98 Å². The molecule has 0 spiro atoms. The largest absolute Gasteiger partial charge is 0.346 e. The topological polar surface area (TPSA) is 79.3 Å². The second-order valence-electron chi connectivity index (χ2n) is 8.92. The van der Waals surface area contributed by atoms with E-state index < -0.39 is 0 Å². The van der Waals surface area contributed by atoms with Crippen LogP contribution in [0.25, 0.3) is 17.0 Å². The van der Waals surface area contributed by atoms with Gasteiger partial charge in [-0.05, 0) is 56.0 Å². The molecular formula is C25H31N5O2. The van der Waals surface area contributed by atoms with E-state index in [4.69, 9.17) is 0 Å². The van der Waals surface area contributed by atoms with E-state index in [9.17, 15) is 9.59 Å². The lowest BCUT2D eigenvalue weighted by Crippen LogP contribution is -2.35. The molecule has 0 saturated carbocycles. The van der Waals surface area contributed by atoms with E-state index in [2.05, 4.69) is 59.2 Å². The van der Waals surface area contributed by atoms with Crippen LogP contribution in [-0.4, -0.2) is 39.4 Å². The average Bonchev–Trinajstić information content (AvgIpc) is 3.06. The summed E-state index contributed by atoms with van der Waals surface area (Å²) in [5, 5.41) is 7.19. The van der Waals surface area contributed by atoms with Crippen molar-refractivity contribution in [2.45, 2.75) is 39.4 Å². The number of likely N-dealkylation sites (N-methyl/N-ethyl adjacent to an activating group) is 1. The molecule has 3 aromatic rings. The van der Waals surface area contributed by atoms with Gasteiger partial charge in [-0.3, -0.25) is 9.59 Å². The van der Waals surface area contributed by atoms with Crippen LogP contribution in [0.2, 0.25) is 0 Å². The summed E-state index contributed by atoms with van der Waals surface area (Å²) >= 11 is 0. The minimum Gasteiger partial charge on any atom is -0.346 e. The predicted octanol–water partition coefficient (Wildman–Crippen LogP) is 3.70. The molecule has 1 aromatic carbocycles. The smallest absolute Gasteiger partial charge is 0.246 e. The third-order valence-electron chi connectivity index (χ3n) is 5.24.